The lowest BCUT2D eigenvalue weighted by Crippen LogP contribution is -2.15. The van der Waals surface area contributed by atoms with Crippen LogP contribution in [-0.4, -0.2) is 18.8 Å². The monoisotopic (exact) mass is 291 g/mol. The number of halogens is 1. The van der Waals surface area contributed by atoms with Crippen LogP contribution in [0.25, 0.3) is 0 Å². The van der Waals surface area contributed by atoms with E-state index in [1.165, 1.54) is 0 Å². The molecule has 2 aromatic rings. The van der Waals surface area contributed by atoms with Gasteiger partial charge in [-0.05, 0) is 48.4 Å². The maximum absolute atomic E-state index is 9.61. The highest BCUT2D eigenvalue weighted by Crippen LogP contribution is 2.29. The summed E-state index contributed by atoms with van der Waals surface area (Å²) in [6.07, 6.45) is 0.786. The molecule has 0 amide bonds. The van der Waals surface area contributed by atoms with Crippen LogP contribution in [0.15, 0.2) is 42.5 Å². The predicted molar refractivity (Wildman–Crippen MR) is 81.6 cm³/mol. The second-order valence-corrected chi connectivity index (χ2v) is 5.13. The number of rotatable bonds is 5. The summed E-state index contributed by atoms with van der Waals surface area (Å²) in [5, 5.41) is 10.3. The fourth-order valence-electron chi connectivity index (χ4n) is 2.21. The van der Waals surface area contributed by atoms with Crippen molar-refractivity contribution in [2.75, 3.05) is 13.7 Å². The fourth-order valence-corrected chi connectivity index (χ4v) is 2.33. The van der Waals surface area contributed by atoms with E-state index in [-0.39, 0.29) is 11.7 Å². The summed E-state index contributed by atoms with van der Waals surface area (Å²) in [5.74, 6) is 0.836. The lowest BCUT2D eigenvalue weighted by Gasteiger charge is -2.16. The summed E-state index contributed by atoms with van der Waals surface area (Å²) in [6.45, 7) is 0.546. The van der Waals surface area contributed by atoms with Gasteiger partial charge in [0, 0.05) is 10.9 Å². The van der Waals surface area contributed by atoms with E-state index < -0.39 is 0 Å². The number of benzene rings is 2. The van der Waals surface area contributed by atoms with Crippen molar-refractivity contribution >= 4 is 11.6 Å². The number of nitrogens with two attached hydrogens (primary N) is 1. The molecule has 0 heterocycles. The Bertz CT molecular complexity index is 569. The van der Waals surface area contributed by atoms with Gasteiger partial charge in [0.05, 0.1) is 7.11 Å². The molecule has 0 aliphatic carbocycles. The van der Waals surface area contributed by atoms with Crippen LogP contribution in [0.4, 0.5) is 0 Å². The number of phenolic OH excluding ortho intramolecular Hbond substituents is 1. The lowest BCUT2D eigenvalue weighted by atomic mass is 9.92. The molecule has 2 aromatic carbocycles. The van der Waals surface area contributed by atoms with Gasteiger partial charge in [-0.15, -0.1) is 0 Å². The molecule has 0 aliphatic rings. The molecule has 0 bridgehead atoms. The van der Waals surface area contributed by atoms with Crippen LogP contribution in [0.3, 0.4) is 0 Å². The molecular weight excluding hydrogens is 274 g/mol. The normalized spacial score (nSPS) is 12.2. The molecular formula is C16H18ClNO2. The third kappa shape index (κ3) is 3.44. The molecule has 1 atom stereocenters. The van der Waals surface area contributed by atoms with Crippen molar-refractivity contribution in [2.24, 2.45) is 5.73 Å². The van der Waals surface area contributed by atoms with Gasteiger partial charge in [-0.3, -0.25) is 0 Å². The zero-order chi connectivity index (χ0) is 14.5. The van der Waals surface area contributed by atoms with E-state index in [0.29, 0.717) is 12.3 Å². The molecule has 1 unspecified atom stereocenters. The van der Waals surface area contributed by atoms with Gasteiger partial charge >= 0.3 is 0 Å². The summed E-state index contributed by atoms with van der Waals surface area (Å²) in [6, 6.07) is 13.1. The van der Waals surface area contributed by atoms with Crippen molar-refractivity contribution in [2.45, 2.75) is 12.3 Å². The zero-order valence-electron chi connectivity index (χ0n) is 11.3. The third-order valence-electron chi connectivity index (χ3n) is 3.35. The van der Waals surface area contributed by atoms with Crippen molar-refractivity contribution in [1.29, 1.82) is 0 Å². The molecule has 0 spiro atoms. The summed E-state index contributed by atoms with van der Waals surface area (Å²) < 4.78 is 5.12. The van der Waals surface area contributed by atoms with E-state index >= 15 is 0 Å². The third-order valence-corrected chi connectivity index (χ3v) is 3.60. The highest BCUT2D eigenvalue weighted by Gasteiger charge is 2.12. The van der Waals surface area contributed by atoms with E-state index in [1.807, 2.05) is 36.4 Å². The van der Waals surface area contributed by atoms with E-state index in [2.05, 4.69) is 0 Å². The number of ether oxygens (including phenoxy) is 1. The van der Waals surface area contributed by atoms with Gasteiger partial charge < -0.3 is 15.6 Å². The minimum atomic E-state index is 0.145. The van der Waals surface area contributed by atoms with Gasteiger partial charge in [0.1, 0.15) is 0 Å². The smallest absolute Gasteiger partial charge is 0.160 e. The van der Waals surface area contributed by atoms with Crippen LogP contribution >= 0.6 is 11.6 Å². The Balaban J connectivity index is 2.19. The first-order chi connectivity index (χ1) is 9.63. The average Bonchev–Trinajstić information content (AvgIpc) is 2.47. The molecule has 0 aromatic heterocycles. The van der Waals surface area contributed by atoms with Gasteiger partial charge in [0.25, 0.3) is 0 Å². The maximum Gasteiger partial charge on any atom is 0.160 e. The predicted octanol–water partition coefficient (Wildman–Crippen LogP) is 3.34. The Morgan fingerprint density at radius 3 is 2.50 bits per heavy atom. The minimum absolute atomic E-state index is 0.145. The van der Waals surface area contributed by atoms with Crippen molar-refractivity contribution < 1.29 is 9.84 Å². The van der Waals surface area contributed by atoms with Crippen molar-refractivity contribution in [3.8, 4) is 11.5 Å². The van der Waals surface area contributed by atoms with Crippen molar-refractivity contribution in [1.82, 2.24) is 0 Å². The van der Waals surface area contributed by atoms with Crippen LogP contribution < -0.4 is 10.5 Å². The SMILES string of the molecule is COc1cc(CC(CN)c2ccc(Cl)cc2)ccc1O. The maximum atomic E-state index is 9.61. The Morgan fingerprint density at radius 1 is 1.20 bits per heavy atom. The first kappa shape index (κ1) is 14.7. The van der Waals surface area contributed by atoms with Crippen LogP contribution in [0.5, 0.6) is 11.5 Å². The second kappa shape index (κ2) is 6.64. The summed E-state index contributed by atoms with van der Waals surface area (Å²) in [4.78, 5) is 0. The van der Waals surface area contributed by atoms with Gasteiger partial charge in [-0.2, -0.15) is 0 Å². The zero-order valence-corrected chi connectivity index (χ0v) is 12.1. The Kier molecular flexibility index (Phi) is 4.88. The molecule has 106 valence electrons. The number of aromatic hydroxyl groups is 1. The second-order valence-electron chi connectivity index (χ2n) is 4.69. The summed E-state index contributed by atoms with van der Waals surface area (Å²) in [5.41, 5.74) is 8.11. The lowest BCUT2D eigenvalue weighted by molar-refractivity contribution is 0.373. The molecule has 3 nitrogen and oxygen atoms in total. The highest BCUT2D eigenvalue weighted by molar-refractivity contribution is 6.30. The number of methoxy groups -OCH3 is 1. The van der Waals surface area contributed by atoms with Crippen molar-refractivity contribution in [3.63, 3.8) is 0 Å². The summed E-state index contributed by atoms with van der Waals surface area (Å²) in [7, 11) is 1.54. The van der Waals surface area contributed by atoms with Crippen molar-refractivity contribution in [3.05, 3.63) is 58.6 Å². The van der Waals surface area contributed by atoms with E-state index in [0.717, 1.165) is 22.6 Å². The Hall–Kier alpha value is -1.71. The van der Waals surface area contributed by atoms with Crippen LogP contribution in [0, 0.1) is 0 Å². The van der Waals surface area contributed by atoms with E-state index in [1.54, 1.807) is 13.2 Å². The van der Waals surface area contributed by atoms with Gasteiger partial charge in [-0.25, -0.2) is 0 Å². The van der Waals surface area contributed by atoms with Gasteiger partial charge in [-0.1, -0.05) is 29.8 Å². The Labute approximate surface area is 123 Å². The largest absolute Gasteiger partial charge is 0.504 e. The quantitative estimate of drug-likeness (QED) is 0.888. The molecule has 0 saturated carbocycles. The molecule has 3 N–H and O–H groups in total. The van der Waals surface area contributed by atoms with E-state index in [4.69, 9.17) is 22.1 Å². The molecule has 0 aliphatic heterocycles. The van der Waals surface area contributed by atoms with E-state index in [9.17, 15) is 5.11 Å². The molecule has 0 radical (unpaired) electrons. The van der Waals surface area contributed by atoms with Gasteiger partial charge in [0.15, 0.2) is 11.5 Å². The molecule has 0 saturated heterocycles. The number of hydrogen-bond acceptors (Lipinski definition) is 3. The molecule has 0 fully saturated rings. The first-order valence-electron chi connectivity index (χ1n) is 6.45. The average molecular weight is 292 g/mol. The number of phenols is 1. The summed E-state index contributed by atoms with van der Waals surface area (Å²) >= 11 is 5.90. The minimum Gasteiger partial charge on any atom is -0.504 e. The highest BCUT2D eigenvalue weighted by atomic mass is 35.5. The number of hydrogen-bond donors (Lipinski definition) is 2. The Morgan fingerprint density at radius 2 is 1.90 bits per heavy atom. The fraction of sp³-hybridized carbons (Fsp3) is 0.250. The molecule has 20 heavy (non-hydrogen) atoms. The first-order valence-corrected chi connectivity index (χ1v) is 6.83. The topological polar surface area (TPSA) is 55.5 Å². The molecule has 2 rings (SSSR count). The molecule has 4 heteroatoms. The standard InChI is InChI=1S/C16H18ClNO2/c1-20-16-9-11(2-7-15(16)19)8-13(10-18)12-3-5-14(17)6-4-12/h2-7,9,13,19H,8,10,18H2,1H3. The van der Waals surface area contributed by atoms with Crippen LogP contribution in [0.2, 0.25) is 5.02 Å². The van der Waals surface area contributed by atoms with Gasteiger partial charge in [0.2, 0.25) is 0 Å². The van der Waals surface area contributed by atoms with Crippen LogP contribution in [0.1, 0.15) is 17.0 Å². The van der Waals surface area contributed by atoms with Crippen LogP contribution in [-0.2, 0) is 6.42 Å².